The molecule has 0 radical (unpaired) electrons. The van der Waals surface area contributed by atoms with Crippen LogP contribution in [0.5, 0.6) is 5.75 Å². The standard InChI is InChI=1S/C17H22N2O2S/c1-4-17(20)19(13(2)3)10-14-12-22-16(18-14)11-21-15-8-6-5-7-9-15/h5-9,12-13H,4,10-11H2,1-3H3. The summed E-state index contributed by atoms with van der Waals surface area (Å²) in [6.07, 6.45) is 0.520. The van der Waals surface area contributed by atoms with Crippen molar-refractivity contribution in [2.75, 3.05) is 0 Å². The second kappa shape index (κ2) is 7.94. The number of aromatic nitrogens is 1. The predicted octanol–water partition coefficient (Wildman–Crippen LogP) is 3.87. The molecule has 2 aromatic rings. The van der Waals surface area contributed by atoms with E-state index in [-0.39, 0.29) is 11.9 Å². The second-order valence-electron chi connectivity index (χ2n) is 5.30. The summed E-state index contributed by atoms with van der Waals surface area (Å²) in [7, 11) is 0. The van der Waals surface area contributed by atoms with Gasteiger partial charge in [0.2, 0.25) is 5.91 Å². The molecular weight excluding hydrogens is 296 g/mol. The first kappa shape index (κ1) is 16.5. The summed E-state index contributed by atoms with van der Waals surface area (Å²) < 4.78 is 5.69. The van der Waals surface area contributed by atoms with E-state index in [0.29, 0.717) is 19.6 Å². The van der Waals surface area contributed by atoms with E-state index in [1.807, 2.05) is 61.4 Å². The van der Waals surface area contributed by atoms with E-state index in [9.17, 15) is 4.79 Å². The van der Waals surface area contributed by atoms with Crippen LogP contribution in [0.15, 0.2) is 35.7 Å². The lowest BCUT2D eigenvalue weighted by atomic mass is 10.2. The highest BCUT2D eigenvalue weighted by molar-refractivity contribution is 7.09. The van der Waals surface area contributed by atoms with Gasteiger partial charge < -0.3 is 9.64 Å². The lowest BCUT2D eigenvalue weighted by molar-refractivity contribution is -0.133. The Bertz CT molecular complexity index is 596. The van der Waals surface area contributed by atoms with Gasteiger partial charge in [0.05, 0.1) is 12.2 Å². The summed E-state index contributed by atoms with van der Waals surface area (Å²) in [6.45, 7) is 6.96. The zero-order valence-electron chi connectivity index (χ0n) is 13.3. The quantitative estimate of drug-likeness (QED) is 0.778. The highest BCUT2D eigenvalue weighted by Crippen LogP contribution is 2.17. The summed E-state index contributed by atoms with van der Waals surface area (Å²) in [5, 5.41) is 2.92. The Hall–Kier alpha value is -1.88. The number of thiazole rings is 1. The minimum atomic E-state index is 0.157. The molecule has 0 fully saturated rings. The summed E-state index contributed by atoms with van der Waals surface area (Å²) in [4.78, 5) is 18.4. The van der Waals surface area contributed by atoms with E-state index in [2.05, 4.69) is 4.98 Å². The van der Waals surface area contributed by atoms with Crippen LogP contribution < -0.4 is 4.74 Å². The summed E-state index contributed by atoms with van der Waals surface area (Å²) in [5.41, 5.74) is 0.923. The molecular formula is C17H22N2O2S. The molecule has 0 aliphatic rings. The lowest BCUT2D eigenvalue weighted by Gasteiger charge is -2.25. The largest absolute Gasteiger partial charge is 0.486 e. The molecule has 0 saturated carbocycles. The van der Waals surface area contributed by atoms with Crippen LogP contribution in [-0.4, -0.2) is 21.8 Å². The van der Waals surface area contributed by atoms with E-state index in [1.165, 1.54) is 0 Å². The molecule has 118 valence electrons. The van der Waals surface area contributed by atoms with Crippen molar-refractivity contribution in [2.45, 2.75) is 46.4 Å². The number of hydrogen-bond acceptors (Lipinski definition) is 4. The summed E-state index contributed by atoms with van der Waals surface area (Å²) in [5.74, 6) is 0.995. The fourth-order valence-electron chi connectivity index (χ4n) is 2.09. The fourth-order valence-corrected chi connectivity index (χ4v) is 2.78. The van der Waals surface area contributed by atoms with Gasteiger partial charge in [-0.05, 0) is 26.0 Å². The van der Waals surface area contributed by atoms with Crippen molar-refractivity contribution in [1.82, 2.24) is 9.88 Å². The average Bonchev–Trinajstić information content (AvgIpc) is 2.98. The van der Waals surface area contributed by atoms with Gasteiger partial charge in [0.25, 0.3) is 0 Å². The van der Waals surface area contributed by atoms with Gasteiger partial charge in [0.1, 0.15) is 17.4 Å². The van der Waals surface area contributed by atoms with E-state index >= 15 is 0 Å². The maximum Gasteiger partial charge on any atom is 0.222 e. The Labute approximate surface area is 135 Å². The molecule has 0 aliphatic heterocycles. The molecule has 0 N–H and O–H groups in total. The number of carbonyl (C=O) groups excluding carboxylic acids is 1. The maximum absolute atomic E-state index is 12.0. The number of hydrogen-bond donors (Lipinski definition) is 0. The Morgan fingerprint density at radius 1 is 1.32 bits per heavy atom. The van der Waals surface area contributed by atoms with Crippen LogP contribution in [0.3, 0.4) is 0 Å². The van der Waals surface area contributed by atoms with Crippen molar-refractivity contribution in [3.8, 4) is 5.75 Å². The maximum atomic E-state index is 12.0. The van der Waals surface area contributed by atoms with E-state index in [0.717, 1.165) is 16.5 Å². The van der Waals surface area contributed by atoms with Gasteiger partial charge in [0, 0.05) is 17.8 Å². The second-order valence-corrected chi connectivity index (χ2v) is 6.25. The predicted molar refractivity (Wildman–Crippen MR) is 88.9 cm³/mol. The minimum Gasteiger partial charge on any atom is -0.486 e. The monoisotopic (exact) mass is 318 g/mol. The first-order chi connectivity index (χ1) is 10.6. The van der Waals surface area contributed by atoms with Crippen LogP contribution in [0.25, 0.3) is 0 Å². The molecule has 1 aromatic carbocycles. The molecule has 0 aliphatic carbocycles. The third-order valence-electron chi connectivity index (χ3n) is 3.28. The number of rotatable bonds is 7. The summed E-state index contributed by atoms with van der Waals surface area (Å²) >= 11 is 1.57. The molecule has 1 aromatic heterocycles. The first-order valence-electron chi connectivity index (χ1n) is 7.50. The van der Waals surface area contributed by atoms with Gasteiger partial charge in [-0.2, -0.15) is 0 Å². The Morgan fingerprint density at radius 2 is 2.05 bits per heavy atom. The topological polar surface area (TPSA) is 42.4 Å². The van der Waals surface area contributed by atoms with E-state index in [4.69, 9.17) is 4.74 Å². The third kappa shape index (κ3) is 4.56. The SMILES string of the molecule is CCC(=O)N(Cc1csc(COc2ccccc2)n1)C(C)C. The van der Waals surface area contributed by atoms with Crippen LogP contribution in [0.1, 0.15) is 37.9 Å². The molecule has 22 heavy (non-hydrogen) atoms. The minimum absolute atomic E-state index is 0.157. The van der Waals surface area contributed by atoms with Crippen molar-refractivity contribution < 1.29 is 9.53 Å². The normalized spacial score (nSPS) is 10.7. The molecule has 1 amide bonds. The molecule has 0 bridgehead atoms. The highest BCUT2D eigenvalue weighted by Gasteiger charge is 2.17. The summed E-state index contributed by atoms with van der Waals surface area (Å²) in [6, 6.07) is 9.88. The fraction of sp³-hybridized carbons (Fsp3) is 0.412. The van der Waals surface area contributed by atoms with Gasteiger partial charge in [-0.15, -0.1) is 11.3 Å². The number of para-hydroxylation sites is 1. The Balaban J connectivity index is 1.94. The smallest absolute Gasteiger partial charge is 0.222 e. The number of ether oxygens (including phenoxy) is 1. The zero-order chi connectivity index (χ0) is 15.9. The Kier molecular flexibility index (Phi) is 5.95. The average molecular weight is 318 g/mol. The van der Waals surface area contributed by atoms with Crippen LogP contribution in [0.2, 0.25) is 0 Å². The molecule has 0 atom stereocenters. The van der Waals surface area contributed by atoms with Gasteiger partial charge in [-0.3, -0.25) is 4.79 Å². The van der Waals surface area contributed by atoms with E-state index < -0.39 is 0 Å². The zero-order valence-corrected chi connectivity index (χ0v) is 14.1. The number of carbonyl (C=O) groups is 1. The molecule has 5 heteroatoms. The van der Waals surface area contributed by atoms with Crippen LogP contribution >= 0.6 is 11.3 Å². The molecule has 1 heterocycles. The van der Waals surface area contributed by atoms with Crippen molar-refractivity contribution in [3.05, 3.63) is 46.4 Å². The van der Waals surface area contributed by atoms with Crippen molar-refractivity contribution >= 4 is 17.2 Å². The molecule has 0 saturated heterocycles. The van der Waals surface area contributed by atoms with Crippen LogP contribution in [0, 0.1) is 0 Å². The van der Waals surface area contributed by atoms with Crippen molar-refractivity contribution in [3.63, 3.8) is 0 Å². The number of nitrogens with zero attached hydrogens (tertiary/aromatic N) is 2. The van der Waals surface area contributed by atoms with Crippen LogP contribution in [0.4, 0.5) is 0 Å². The molecule has 2 rings (SSSR count). The van der Waals surface area contributed by atoms with Gasteiger partial charge >= 0.3 is 0 Å². The van der Waals surface area contributed by atoms with Crippen molar-refractivity contribution in [2.24, 2.45) is 0 Å². The number of benzene rings is 1. The molecule has 0 spiro atoms. The third-order valence-corrected chi connectivity index (χ3v) is 4.15. The molecule has 0 unspecified atom stereocenters. The Morgan fingerprint density at radius 3 is 2.68 bits per heavy atom. The highest BCUT2D eigenvalue weighted by atomic mass is 32.1. The van der Waals surface area contributed by atoms with Crippen LogP contribution in [-0.2, 0) is 17.9 Å². The molecule has 4 nitrogen and oxygen atoms in total. The van der Waals surface area contributed by atoms with Gasteiger partial charge in [-0.1, -0.05) is 25.1 Å². The number of amides is 1. The van der Waals surface area contributed by atoms with Crippen molar-refractivity contribution in [1.29, 1.82) is 0 Å². The lowest BCUT2D eigenvalue weighted by Crippen LogP contribution is -2.35. The van der Waals surface area contributed by atoms with Gasteiger partial charge in [-0.25, -0.2) is 4.98 Å². The van der Waals surface area contributed by atoms with Gasteiger partial charge in [0.15, 0.2) is 0 Å². The first-order valence-corrected chi connectivity index (χ1v) is 8.38. The van der Waals surface area contributed by atoms with E-state index in [1.54, 1.807) is 11.3 Å².